The van der Waals surface area contributed by atoms with Gasteiger partial charge in [0.15, 0.2) is 0 Å². The summed E-state index contributed by atoms with van der Waals surface area (Å²) < 4.78 is 0. The van der Waals surface area contributed by atoms with Crippen LogP contribution in [0.25, 0.3) is 66.8 Å². The fourth-order valence-corrected chi connectivity index (χ4v) is 11.7. The van der Waals surface area contributed by atoms with Gasteiger partial charge in [0.1, 0.15) is 0 Å². The Labute approximate surface area is 381 Å². The van der Waals surface area contributed by atoms with Crippen LogP contribution in [0.4, 0.5) is 17.1 Å². The second-order valence-electron chi connectivity index (χ2n) is 18.4. The Kier molecular flexibility index (Phi) is 8.24. The summed E-state index contributed by atoms with van der Waals surface area (Å²) in [5.41, 5.74) is 25.7. The van der Waals surface area contributed by atoms with E-state index in [1.54, 1.807) is 0 Å². The van der Waals surface area contributed by atoms with Crippen LogP contribution in [0.3, 0.4) is 0 Å². The maximum Gasteiger partial charge on any atom is 0.0726 e. The van der Waals surface area contributed by atoms with Gasteiger partial charge in [0.25, 0.3) is 0 Å². The van der Waals surface area contributed by atoms with E-state index in [1.807, 2.05) is 0 Å². The first-order chi connectivity index (χ1) is 32.0. The summed E-state index contributed by atoms with van der Waals surface area (Å²) in [6.45, 7) is 4.86. The molecule has 1 heteroatoms. The van der Waals surface area contributed by atoms with Crippen molar-refractivity contribution in [2.24, 2.45) is 0 Å². The van der Waals surface area contributed by atoms with Crippen molar-refractivity contribution in [3.8, 4) is 66.8 Å². The molecular weight excluding hydrogens is 783 g/mol. The largest absolute Gasteiger partial charge is 0.309 e. The summed E-state index contributed by atoms with van der Waals surface area (Å²) in [7, 11) is 0. The Balaban J connectivity index is 1.18. The number of hydrogen-bond acceptors (Lipinski definition) is 1. The molecule has 0 amide bonds. The fourth-order valence-electron chi connectivity index (χ4n) is 11.7. The number of anilines is 3. The highest BCUT2D eigenvalue weighted by Gasteiger charge is 2.54. The van der Waals surface area contributed by atoms with Crippen molar-refractivity contribution in [1.29, 1.82) is 0 Å². The molecule has 0 aliphatic heterocycles. The lowest BCUT2D eigenvalue weighted by Gasteiger charge is -2.35. The van der Waals surface area contributed by atoms with Crippen molar-refractivity contribution >= 4 is 17.1 Å². The van der Waals surface area contributed by atoms with E-state index < -0.39 is 5.41 Å². The normalized spacial score (nSPS) is 13.9. The molecule has 0 N–H and O–H groups in total. The standard InChI is InChI=1S/C64H45N/c1-63(2)54-27-15-14-26-52(54)60-58(63)41-59-61(53-39-34-47(44-22-10-5-11-23-44)40-57(53)64(59)55-28-16-12-24-50(55)51-25-13-17-29-56(51)64)62(60)65(48-35-30-45(31-36-48)42-18-6-3-7-19-42)49-37-32-46(33-38-49)43-20-8-4-9-21-43/h3-41H,1-2H3. The van der Waals surface area contributed by atoms with Crippen molar-refractivity contribution in [2.45, 2.75) is 24.7 Å². The summed E-state index contributed by atoms with van der Waals surface area (Å²) in [5, 5.41) is 0. The monoisotopic (exact) mass is 827 g/mol. The fraction of sp³-hybridized carbons (Fsp3) is 0.0625. The minimum atomic E-state index is -0.558. The van der Waals surface area contributed by atoms with Gasteiger partial charge in [-0.3, -0.25) is 0 Å². The third kappa shape index (κ3) is 5.39. The van der Waals surface area contributed by atoms with E-state index in [1.165, 1.54) is 106 Å². The van der Waals surface area contributed by atoms with Gasteiger partial charge in [-0.25, -0.2) is 0 Å². The van der Waals surface area contributed by atoms with Gasteiger partial charge in [0, 0.05) is 27.9 Å². The zero-order chi connectivity index (χ0) is 43.3. The molecule has 0 heterocycles. The van der Waals surface area contributed by atoms with E-state index in [2.05, 4.69) is 255 Å². The summed E-state index contributed by atoms with van der Waals surface area (Å²) >= 11 is 0. The Bertz CT molecular complexity index is 3340. The minimum absolute atomic E-state index is 0.265. The van der Waals surface area contributed by atoms with Crippen molar-refractivity contribution in [3.63, 3.8) is 0 Å². The van der Waals surface area contributed by atoms with E-state index in [-0.39, 0.29) is 5.41 Å². The summed E-state index contributed by atoms with van der Waals surface area (Å²) in [6.07, 6.45) is 0. The van der Waals surface area contributed by atoms with Gasteiger partial charge < -0.3 is 4.90 Å². The van der Waals surface area contributed by atoms with E-state index in [9.17, 15) is 0 Å². The van der Waals surface area contributed by atoms with Gasteiger partial charge in [-0.05, 0) is 119 Å². The zero-order valence-corrected chi connectivity index (χ0v) is 36.5. The lowest BCUT2D eigenvalue weighted by atomic mass is 9.69. The molecule has 0 radical (unpaired) electrons. The number of nitrogens with zero attached hydrogens (tertiary/aromatic N) is 1. The van der Waals surface area contributed by atoms with Crippen LogP contribution in [0.5, 0.6) is 0 Å². The quantitative estimate of drug-likeness (QED) is 0.161. The second kappa shape index (κ2) is 14.3. The SMILES string of the molecule is CC1(C)c2ccccc2-c2c1cc1c(c2N(c2ccc(-c3ccccc3)cc2)c2ccc(-c3ccccc3)cc2)-c2ccc(-c3ccccc3)cc2C12c1ccccc1-c1ccccc12. The molecule has 0 bridgehead atoms. The highest BCUT2D eigenvalue weighted by atomic mass is 15.1. The maximum absolute atomic E-state index is 2.63. The van der Waals surface area contributed by atoms with Crippen molar-refractivity contribution in [1.82, 2.24) is 0 Å². The van der Waals surface area contributed by atoms with Gasteiger partial charge in [0.2, 0.25) is 0 Å². The average molecular weight is 828 g/mol. The van der Waals surface area contributed by atoms with E-state index in [0.29, 0.717) is 0 Å². The van der Waals surface area contributed by atoms with Gasteiger partial charge in [-0.1, -0.05) is 220 Å². The Hall–Kier alpha value is -8.00. The number of benzene rings is 10. The molecule has 10 aromatic rings. The topological polar surface area (TPSA) is 3.24 Å². The van der Waals surface area contributed by atoms with Crippen LogP contribution in [0.1, 0.15) is 47.2 Å². The molecule has 13 rings (SSSR count). The summed E-state index contributed by atoms with van der Waals surface area (Å²) in [5.74, 6) is 0. The molecule has 0 fully saturated rings. The number of fused-ring (bicyclic) bond motifs is 13. The third-order valence-corrected chi connectivity index (χ3v) is 14.7. The van der Waals surface area contributed by atoms with Crippen LogP contribution in [0.2, 0.25) is 0 Å². The van der Waals surface area contributed by atoms with E-state index in [4.69, 9.17) is 0 Å². The first-order valence-electron chi connectivity index (χ1n) is 22.8. The molecule has 0 aromatic heterocycles. The van der Waals surface area contributed by atoms with Crippen LogP contribution >= 0.6 is 0 Å². The molecule has 306 valence electrons. The molecule has 0 atom stereocenters. The highest BCUT2D eigenvalue weighted by Crippen LogP contribution is 2.68. The highest BCUT2D eigenvalue weighted by molar-refractivity contribution is 6.09. The first kappa shape index (κ1) is 37.5. The predicted octanol–water partition coefficient (Wildman–Crippen LogP) is 16.8. The van der Waals surface area contributed by atoms with Gasteiger partial charge in [-0.2, -0.15) is 0 Å². The summed E-state index contributed by atoms with van der Waals surface area (Å²) in [6, 6.07) is 88.3. The van der Waals surface area contributed by atoms with E-state index >= 15 is 0 Å². The van der Waals surface area contributed by atoms with Crippen LogP contribution in [0.15, 0.2) is 237 Å². The smallest absolute Gasteiger partial charge is 0.0726 e. The van der Waals surface area contributed by atoms with Crippen molar-refractivity contribution in [3.05, 3.63) is 270 Å². The molecule has 65 heavy (non-hydrogen) atoms. The van der Waals surface area contributed by atoms with E-state index in [0.717, 1.165) is 11.4 Å². The van der Waals surface area contributed by atoms with Gasteiger partial charge in [-0.15, -0.1) is 0 Å². The Morgan fingerprint density at radius 3 is 1.18 bits per heavy atom. The minimum Gasteiger partial charge on any atom is -0.309 e. The Morgan fingerprint density at radius 2 is 0.662 bits per heavy atom. The number of hydrogen-bond donors (Lipinski definition) is 0. The molecular formula is C64H45N. The predicted molar refractivity (Wildman–Crippen MR) is 271 cm³/mol. The van der Waals surface area contributed by atoms with Crippen LogP contribution in [-0.2, 0) is 10.8 Å². The van der Waals surface area contributed by atoms with Crippen molar-refractivity contribution in [2.75, 3.05) is 4.90 Å². The molecule has 0 unspecified atom stereocenters. The number of rotatable bonds is 6. The lowest BCUT2D eigenvalue weighted by molar-refractivity contribution is 0.657. The van der Waals surface area contributed by atoms with Crippen LogP contribution in [-0.4, -0.2) is 0 Å². The molecule has 3 aliphatic carbocycles. The molecule has 10 aromatic carbocycles. The molecule has 1 spiro atoms. The molecule has 0 saturated heterocycles. The maximum atomic E-state index is 2.63. The summed E-state index contributed by atoms with van der Waals surface area (Å²) in [4.78, 5) is 2.58. The van der Waals surface area contributed by atoms with Crippen molar-refractivity contribution < 1.29 is 0 Å². The Morgan fingerprint density at radius 1 is 0.277 bits per heavy atom. The molecule has 0 saturated carbocycles. The van der Waals surface area contributed by atoms with Gasteiger partial charge >= 0.3 is 0 Å². The first-order valence-corrected chi connectivity index (χ1v) is 22.8. The molecule has 3 aliphatic rings. The molecule has 1 nitrogen and oxygen atoms in total. The lowest BCUT2D eigenvalue weighted by Crippen LogP contribution is -2.27. The second-order valence-corrected chi connectivity index (χ2v) is 18.4. The third-order valence-electron chi connectivity index (χ3n) is 14.7. The van der Waals surface area contributed by atoms with Gasteiger partial charge in [0.05, 0.1) is 11.1 Å². The van der Waals surface area contributed by atoms with Crippen LogP contribution in [0, 0.1) is 0 Å². The average Bonchev–Trinajstić information content (AvgIpc) is 3.93. The van der Waals surface area contributed by atoms with Crippen LogP contribution < -0.4 is 4.90 Å². The zero-order valence-electron chi connectivity index (χ0n) is 36.5.